The summed E-state index contributed by atoms with van der Waals surface area (Å²) in [5, 5.41) is 8.01. The maximum Gasteiger partial charge on any atom is 0.255 e. The molecule has 0 atom stereocenters. The fourth-order valence-electron chi connectivity index (χ4n) is 3.56. The molecule has 2 N–H and O–H groups in total. The SMILES string of the molecule is Cc1cc(C)cc(NC(=O)CSc2ccc(NC(=O)c3ccc4ccccc4c3)cc2)c1. The molecule has 0 radical (unpaired) electrons. The molecule has 0 fully saturated rings. The van der Waals surface area contributed by atoms with Gasteiger partial charge in [0.1, 0.15) is 0 Å². The Morgan fingerprint density at radius 3 is 2.12 bits per heavy atom. The summed E-state index contributed by atoms with van der Waals surface area (Å²) < 4.78 is 0. The van der Waals surface area contributed by atoms with Gasteiger partial charge in [0.25, 0.3) is 5.91 Å². The van der Waals surface area contributed by atoms with Crippen molar-refractivity contribution >= 4 is 45.7 Å². The molecule has 0 aliphatic rings. The topological polar surface area (TPSA) is 58.2 Å². The van der Waals surface area contributed by atoms with E-state index in [1.165, 1.54) is 11.8 Å². The van der Waals surface area contributed by atoms with Gasteiger partial charge >= 0.3 is 0 Å². The van der Waals surface area contributed by atoms with E-state index in [0.717, 1.165) is 32.5 Å². The maximum atomic E-state index is 12.6. The van der Waals surface area contributed by atoms with Crippen molar-refractivity contribution in [1.82, 2.24) is 0 Å². The van der Waals surface area contributed by atoms with Crippen LogP contribution in [0.4, 0.5) is 11.4 Å². The van der Waals surface area contributed by atoms with E-state index in [4.69, 9.17) is 0 Å². The number of hydrogen-bond donors (Lipinski definition) is 2. The third kappa shape index (κ3) is 5.56. The zero-order valence-electron chi connectivity index (χ0n) is 18.0. The summed E-state index contributed by atoms with van der Waals surface area (Å²) in [6.07, 6.45) is 0. The van der Waals surface area contributed by atoms with Crippen LogP contribution in [0.5, 0.6) is 0 Å². The van der Waals surface area contributed by atoms with Crippen LogP contribution in [-0.2, 0) is 4.79 Å². The minimum absolute atomic E-state index is 0.0475. The maximum absolute atomic E-state index is 12.6. The Morgan fingerprint density at radius 2 is 1.41 bits per heavy atom. The van der Waals surface area contributed by atoms with E-state index >= 15 is 0 Å². The fraction of sp³-hybridized carbons (Fsp3) is 0.111. The number of anilines is 2. The highest BCUT2D eigenvalue weighted by molar-refractivity contribution is 8.00. The van der Waals surface area contributed by atoms with Crippen LogP contribution in [0, 0.1) is 13.8 Å². The van der Waals surface area contributed by atoms with Gasteiger partial charge in [-0.25, -0.2) is 0 Å². The van der Waals surface area contributed by atoms with Gasteiger partial charge in [-0.3, -0.25) is 9.59 Å². The van der Waals surface area contributed by atoms with Crippen molar-refractivity contribution in [3.05, 3.63) is 102 Å². The van der Waals surface area contributed by atoms with Crippen molar-refractivity contribution in [2.45, 2.75) is 18.7 Å². The molecule has 0 aromatic heterocycles. The molecule has 32 heavy (non-hydrogen) atoms. The molecule has 5 heteroatoms. The quantitative estimate of drug-likeness (QED) is 0.339. The van der Waals surface area contributed by atoms with Crippen molar-refractivity contribution in [2.24, 2.45) is 0 Å². The standard InChI is InChI=1S/C27H24N2O2S/c1-18-13-19(2)15-24(14-18)28-26(30)17-32-25-11-9-23(10-12-25)29-27(31)22-8-7-20-5-3-4-6-21(20)16-22/h3-16H,17H2,1-2H3,(H,28,30)(H,29,31). The highest BCUT2D eigenvalue weighted by Gasteiger charge is 2.08. The summed E-state index contributed by atoms with van der Waals surface area (Å²) in [7, 11) is 0. The number of hydrogen-bond acceptors (Lipinski definition) is 3. The molecule has 4 aromatic rings. The molecule has 0 saturated heterocycles. The second-order valence-electron chi connectivity index (χ2n) is 7.75. The van der Waals surface area contributed by atoms with E-state index in [1.807, 2.05) is 92.7 Å². The van der Waals surface area contributed by atoms with Crippen LogP contribution in [-0.4, -0.2) is 17.6 Å². The zero-order chi connectivity index (χ0) is 22.5. The summed E-state index contributed by atoms with van der Waals surface area (Å²) in [6.45, 7) is 4.02. The Kier molecular flexibility index (Phi) is 6.57. The predicted octanol–water partition coefficient (Wildman–Crippen LogP) is 6.44. The third-order valence-corrected chi connectivity index (χ3v) is 6.01. The van der Waals surface area contributed by atoms with E-state index in [1.54, 1.807) is 0 Å². The minimum Gasteiger partial charge on any atom is -0.325 e. The van der Waals surface area contributed by atoms with Crippen molar-refractivity contribution < 1.29 is 9.59 Å². The second-order valence-corrected chi connectivity index (χ2v) is 8.80. The van der Waals surface area contributed by atoms with Crippen LogP contribution < -0.4 is 10.6 Å². The highest BCUT2D eigenvalue weighted by Crippen LogP contribution is 2.22. The summed E-state index contributed by atoms with van der Waals surface area (Å²) in [4.78, 5) is 25.9. The molecule has 0 spiro atoms. The van der Waals surface area contributed by atoms with Crippen molar-refractivity contribution in [1.29, 1.82) is 0 Å². The summed E-state index contributed by atoms with van der Waals surface area (Å²) >= 11 is 1.46. The van der Waals surface area contributed by atoms with Crippen LogP contribution in [0.2, 0.25) is 0 Å². The molecule has 4 aromatic carbocycles. The van der Waals surface area contributed by atoms with E-state index < -0.39 is 0 Å². The lowest BCUT2D eigenvalue weighted by molar-refractivity contribution is -0.113. The first-order valence-electron chi connectivity index (χ1n) is 10.4. The molecule has 0 bridgehead atoms. The van der Waals surface area contributed by atoms with Gasteiger partial charge in [0, 0.05) is 21.8 Å². The van der Waals surface area contributed by atoms with Crippen LogP contribution in [0.25, 0.3) is 10.8 Å². The lowest BCUT2D eigenvalue weighted by Crippen LogP contribution is -2.14. The monoisotopic (exact) mass is 440 g/mol. The molecule has 0 heterocycles. The van der Waals surface area contributed by atoms with Gasteiger partial charge in [-0.05, 0) is 84.3 Å². The molecule has 0 saturated carbocycles. The van der Waals surface area contributed by atoms with E-state index in [-0.39, 0.29) is 11.8 Å². The first-order valence-corrected chi connectivity index (χ1v) is 11.4. The first kappa shape index (κ1) is 21.7. The molecule has 0 aliphatic carbocycles. The van der Waals surface area contributed by atoms with Crippen LogP contribution in [0.15, 0.2) is 89.8 Å². The zero-order valence-corrected chi connectivity index (χ0v) is 18.8. The van der Waals surface area contributed by atoms with Gasteiger partial charge in [0.05, 0.1) is 5.75 Å². The van der Waals surface area contributed by atoms with Gasteiger partial charge in [-0.1, -0.05) is 36.4 Å². The van der Waals surface area contributed by atoms with Gasteiger partial charge in [-0.15, -0.1) is 11.8 Å². The van der Waals surface area contributed by atoms with Gasteiger partial charge < -0.3 is 10.6 Å². The summed E-state index contributed by atoms with van der Waals surface area (Å²) in [6, 6.07) is 27.1. The third-order valence-electron chi connectivity index (χ3n) is 5.00. The Labute approximate surface area is 192 Å². The number of rotatable bonds is 6. The molecule has 2 amide bonds. The minimum atomic E-state index is -0.149. The van der Waals surface area contributed by atoms with E-state index in [2.05, 4.69) is 16.7 Å². The average molecular weight is 441 g/mol. The largest absolute Gasteiger partial charge is 0.325 e. The van der Waals surface area contributed by atoms with Crippen LogP contribution >= 0.6 is 11.8 Å². The number of nitrogens with one attached hydrogen (secondary N) is 2. The number of fused-ring (bicyclic) bond motifs is 1. The molecule has 4 rings (SSSR count). The summed E-state index contributed by atoms with van der Waals surface area (Å²) in [5.74, 6) is 0.119. The number of carbonyl (C=O) groups excluding carboxylic acids is 2. The van der Waals surface area contributed by atoms with Crippen molar-refractivity contribution in [3.63, 3.8) is 0 Å². The number of amides is 2. The van der Waals surface area contributed by atoms with Crippen LogP contribution in [0.3, 0.4) is 0 Å². The first-order chi connectivity index (χ1) is 15.5. The fourth-order valence-corrected chi connectivity index (χ4v) is 4.26. The molecular weight excluding hydrogens is 416 g/mol. The molecule has 4 nitrogen and oxygen atoms in total. The molecule has 0 unspecified atom stereocenters. The normalized spacial score (nSPS) is 10.7. The number of thioether (sulfide) groups is 1. The Hall–Kier alpha value is -3.57. The number of carbonyl (C=O) groups is 2. The number of benzene rings is 4. The summed E-state index contributed by atoms with van der Waals surface area (Å²) in [5.41, 5.74) is 4.39. The smallest absolute Gasteiger partial charge is 0.255 e. The van der Waals surface area contributed by atoms with Gasteiger partial charge in [0.15, 0.2) is 0 Å². The van der Waals surface area contributed by atoms with E-state index in [9.17, 15) is 9.59 Å². The lowest BCUT2D eigenvalue weighted by Gasteiger charge is -2.09. The molecule has 160 valence electrons. The Bertz CT molecular complexity index is 1260. The number of aryl methyl sites for hydroxylation is 2. The second kappa shape index (κ2) is 9.71. The lowest BCUT2D eigenvalue weighted by atomic mass is 10.1. The van der Waals surface area contributed by atoms with Gasteiger partial charge in [-0.2, -0.15) is 0 Å². The van der Waals surface area contributed by atoms with Crippen molar-refractivity contribution in [3.8, 4) is 0 Å². The Balaban J connectivity index is 1.32. The predicted molar refractivity (Wildman–Crippen MR) is 134 cm³/mol. The average Bonchev–Trinajstić information content (AvgIpc) is 2.77. The Morgan fingerprint density at radius 1 is 0.719 bits per heavy atom. The van der Waals surface area contributed by atoms with E-state index in [0.29, 0.717) is 17.0 Å². The van der Waals surface area contributed by atoms with Crippen LogP contribution in [0.1, 0.15) is 21.5 Å². The highest BCUT2D eigenvalue weighted by atomic mass is 32.2. The molecule has 0 aliphatic heterocycles. The van der Waals surface area contributed by atoms with Gasteiger partial charge in [0.2, 0.25) is 5.91 Å². The van der Waals surface area contributed by atoms with Crippen molar-refractivity contribution in [2.75, 3.05) is 16.4 Å². The molecular formula is C27H24N2O2S.